The van der Waals surface area contributed by atoms with Crippen LogP contribution in [0.4, 0.5) is 33.3 Å². The minimum absolute atomic E-state index is 0.121. The number of halogens is 6. The highest BCUT2D eigenvalue weighted by Gasteiger charge is 2.29. The molecule has 3 rings (SSSR count). The molecule has 1 heterocycles. The van der Waals surface area contributed by atoms with Gasteiger partial charge in [-0.05, 0) is 24.3 Å². The summed E-state index contributed by atoms with van der Waals surface area (Å²) in [5, 5.41) is 23.2. The zero-order valence-corrected chi connectivity index (χ0v) is 20.8. The third-order valence-corrected chi connectivity index (χ3v) is 6.29. The predicted molar refractivity (Wildman–Crippen MR) is 130 cm³/mol. The van der Waals surface area contributed by atoms with Gasteiger partial charge in [-0.2, -0.15) is 13.2 Å². The molecule has 0 aromatic heterocycles. The first-order chi connectivity index (χ1) is 17.9. The normalized spacial score (nSPS) is 15.4. The number of benzene rings is 2. The molecule has 1 saturated heterocycles. The predicted octanol–water partition coefficient (Wildman–Crippen LogP) is 3.48. The van der Waals surface area contributed by atoms with Crippen LogP contribution in [0.2, 0.25) is 5.02 Å². The number of nitrogens with one attached hydrogen (secondary N) is 2. The number of hydrogen-bond acceptors (Lipinski definition) is 6. The fraction of sp³-hybridized carbons (Fsp3) is 0.417. The quantitative estimate of drug-likeness (QED) is 0.328. The SMILES string of the molecule is O=C(Nc1ccc(Cl)cc1N1CCN(CCC(F)(F)F)CC1)c1ccc(CNC(CO)C(=O)O)c(F)c1F. The Hall–Kier alpha value is -3.00. The molecule has 0 spiro atoms. The van der Waals surface area contributed by atoms with Crippen molar-refractivity contribution in [3.05, 3.63) is 58.1 Å². The Morgan fingerprint density at radius 1 is 1.05 bits per heavy atom. The van der Waals surface area contributed by atoms with Crippen LogP contribution < -0.4 is 15.5 Å². The summed E-state index contributed by atoms with van der Waals surface area (Å²) in [6.07, 6.45) is -5.16. The van der Waals surface area contributed by atoms with Gasteiger partial charge in [0, 0.05) is 49.9 Å². The Morgan fingerprint density at radius 3 is 2.34 bits per heavy atom. The van der Waals surface area contributed by atoms with Crippen molar-refractivity contribution in [3.8, 4) is 0 Å². The number of carboxylic acid groups (broad SMARTS) is 1. The number of piperazine rings is 1. The molecule has 8 nitrogen and oxygen atoms in total. The fourth-order valence-electron chi connectivity index (χ4n) is 3.92. The highest BCUT2D eigenvalue weighted by molar-refractivity contribution is 6.31. The minimum Gasteiger partial charge on any atom is -0.480 e. The summed E-state index contributed by atoms with van der Waals surface area (Å²) in [5.41, 5.74) is -0.108. The number of aliphatic hydroxyl groups excluding tert-OH is 1. The van der Waals surface area contributed by atoms with E-state index in [1.54, 1.807) is 11.0 Å². The summed E-state index contributed by atoms with van der Waals surface area (Å²) in [4.78, 5) is 27.3. The zero-order chi connectivity index (χ0) is 28.0. The molecule has 0 bridgehead atoms. The van der Waals surface area contributed by atoms with Crippen molar-refractivity contribution in [1.82, 2.24) is 10.2 Å². The molecule has 1 aliphatic heterocycles. The minimum atomic E-state index is -4.24. The molecule has 38 heavy (non-hydrogen) atoms. The van der Waals surface area contributed by atoms with Crippen molar-refractivity contribution in [2.45, 2.75) is 25.2 Å². The van der Waals surface area contributed by atoms with Crippen LogP contribution in [0, 0.1) is 11.6 Å². The standard InChI is InChI=1S/C24H26ClF5N4O4/c25-15-2-4-17(19(11-15)34-9-7-33(8-10-34)6-5-24(28,29)30)32-22(36)16-3-1-14(20(26)21(16)27)12-31-18(13-35)23(37)38/h1-4,11,18,31,35H,5-10,12-13H2,(H,32,36)(H,37,38). The van der Waals surface area contributed by atoms with E-state index in [2.05, 4.69) is 10.6 Å². The number of carbonyl (C=O) groups excluding carboxylic acids is 1. The second-order valence-corrected chi connectivity index (χ2v) is 9.10. The number of carbonyl (C=O) groups is 2. The van der Waals surface area contributed by atoms with Gasteiger partial charge in [-0.25, -0.2) is 8.78 Å². The first-order valence-electron chi connectivity index (χ1n) is 11.6. The first kappa shape index (κ1) is 29.6. The van der Waals surface area contributed by atoms with Crippen LogP contribution in [0.3, 0.4) is 0 Å². The van der Waals surface area contributed by atoms with E-state index < -0.39 is 60.9 Å². The van der Waals surface area contributed by atoms with Crippen LogP contribution in [0.25, 0.3) is 0 Å². The van der Waals surface area contributed by atoms with Gasteiger partial charge in [-0.1, -0.05) is 17.7 Å². The van der Waals surface area contributed by atoms with Gasteiger partial charge in [0.25, 0.3) is 5.91 Å². The molecule has 0 aliphatic carbocycles. The van der Waals surface area contributed by atoms with E-state index in [1.807, 2.05) is 4.90 Å². The second kappa shape index (κ2) is 12.7. The van der Waals surface area contributed by atoms with E-state index >= 15 is 0 Å². The second-order valence-electron chi connectivity index (χ2n) is 8.66. The number of anilines is 2. The molecular weight excluding hydrogens is 539 g/mol. The fourth-order valence-corrected chi connectivity index (χ4v) is 4.09. The Bertz CT molecular complexity index is 1160. The Kier molecular flexibility index (Phi) is 9.88. The maximum absolute atomic E-state index is 14.8. The zero-order valence-electron chi connectivity index (χ0n) is 20.0. The van der Waals surface area contributed by atoms with Crippen molar-refractivity contribution < 1.29 is 41.8 Å². The number of amides is 1. The molecule has 1 aliphatic rings. The van der Waals surface area contributed by atoms with Crippen molar-refractivity contribution in [1.29, 1.82) is 0 Å². The maximum Gasteiger partial charge on any atom is 0.390 e. The topological polar surface area (TPSA) is 105 Å². The molecule has 2 aromatic carbocycles. The molecule has 1 unspecified atom stereocenters. The summed E-state index contributed by atoms with van der Waals surface area (Å²) < 4.78 is 66.9. The van der Waals surface area contributed by atoms with E-state index in [0.717, 1.165) is 12.1 Å². The van der Waals surface area contributed by atoms with Crippen molar-refractivity contribution in [2.75, 3.05) is 49.5 Å². The highest BCUT2D eigenvalue weighted by atomic mass is 35.5. The lowest BCUT2D eigenvalue weighted by atomic mass is 10.1. The molecule has 208 valence electrons. The van der Waals surface area contributed by atoms with E-state index in [1.165, 1.54) is 12.1 Å². The molecular formula is C24H26ClF5N4O4. The number of aliphatic hydroxyl groups is 1. The Balaban J connectivity index is 1.71. The van der Waals surface area contributed by atoms with E-state index in [0.29, 0.717) is 36.9 Å². The van der Waals surface area contributed by atoms with Gasteiger partial charge >= 0.3 is 12.1 Å². The molecule has 0 radical (unpaired) electrons. The highest BCUT2D eigenvalue weighted by Crippen LogP contribution is 2.31. The van der Waals surface area contributed by atoms with Crippen molar-refractivity contribution in [2.24, 2.45) is 0 Å². The molecule has 1 fully saturated rings. The van der Waals surface area contributed by atoms with Crippen molar-refractivity contribution >= 4 is 34.9 Å². The third kappa shape index (κ3) is 7.76. The van der Waals surface area contributed by atoms with Crippen LogP contribution in [-0.2, 0) is 11.3 Å². The monoisotopic (exact) mass is 564 g/mol. The van der Waals surface area contributed by atoms with Crippen LogP contribution in [0.5, 0.6) is 0 Å². The summed E-state index contributed by atoms with van der Waals surface area (Å²) in [6, 6.07) is 5.34. The van der Waals surface area contributed by atoms with E-state index in [4.69, 9.17) is 21.8 Å². The van der Waals surface area contributed by atoms with Gasteiger partial charge in [-0.15, -0.1) is 0 Å². The summed E-state index contributed by atoms with van der Waals surface area (Å²) in [6.45, 7) is 0.136. The smallest absolute Gasteiger partial charge is 0.390 e. The Morgan fingerprint density at radius 2 is 1.74 bits per heavy atom. The van der Waals surface area contributed by atoms with E-state index in [9.17, 15) is 31.5 Å². The number of aliphatic carboxylic acids is 1. The summed E-state index contributed by atoms with van der Waals surface area (Å²) in [7, 11) is 0. The van der Waals surface area contributed by atoms with Gasteiger partial charge in [0.05, 0.1) is 30.0 Å². The first-order valence-corrected chi connectivity index (χ1v) is 12.0. The third-order valence-electron chi connectivity index (χ3n) is 6.06. The molecule has 2 aromatic rings. The molecule has 1 amide bonds. The van der Waals surface area contributed by atoms with Gasteiger partial charge in [0.2, 0.25) is 0 Å². The summed E-state index contributed by atoms with van der Waals surface area (Å²) >= 11 is 6.12. The van der Waals surface area contributed by atoms with Crippen LogP contribution in [0.15, 0.2) is 30.3 Å². The molecule has 4 N–H and O–H groups in total. The average Bonchev–Trinajstić information content (AvgIpc) is 2.86. The number of nitrogens with zero attached hydrogens (tertiary/aromatic N) is 2. The van der Waals surface area contributed by atoms with Gasteiger partial charge in [0.1, 0.15) is 6.04 Å². The van der Waals surface area contributed by atoms with E-state index in [-0.39, 0.29) is 17.8 Å². The lowest BCUT2D eigenvalue weighted by molar-refractivity contribution is -0.140. The van der Waals surface area contributed by atoms with Gasteiger partial charge < -0.3 is 20.4 Å². The number of hydrogen-bond donors (Lipinski definition) is 4. The lowest BCUT2D eigenvalue weighted by Gasteiger charge is -2.37. The number of carboxylic acids is 1. The molecule has 0 saturated carbocycles. The maximum atomic E-state index is 14.8. The van der Waals surface area contributed by atoms with Crippen LogP contribution in [-0.4, -0.2) is 78.5 Å². The largest absolute Gasteiger partial charge is 0.480 e. The number of alkyl halides is 3. The average molecular weight is 565 g/mol. The van der Waals surface area contributed by atoms with Gasteiger partial charge in [-0.3, -0.25) is 19.8 Å². The summed E-state index contributed by atoms with van der Waals surface area (Å²) in [5.74, 6) is -5.11. The molecule has 1 atom stereocenters. The Labute approximate surface area is 220 Å². The van der Waals surface area contributed by atoms with Gasteiger partial charge in [0.15, 0.2) is 11.6 Å². The molecule has 14 heteroatoms. The van der Waals surface area contributed by atoms with Crippen molar-refractivity contribution in [3.63, 3.8) is 0 Å². The van der Waals surface area contributed by atoms with Crippen LogP contribution >= 0.6 is 11.6 Å². The van der Waals surface area contributed by atoms with Crippen LogP contribution in [0.1, 0.15) is 22.3 Å². The lowest BCUT2D eigenvalue weighted by Crippen LogP contribution is -2.47. The number of rotatable bonds is 10.